The normalized spacial score (nSPS) is 21.8. The molecule has 0 aromatic carbocycles. The van der Waals surface area contributed by atoms with Crippen molar-refractivity contribution in [1.82, 2.24) is 0 Å². The minimum atomic E-state index is -0.510. The third kappa shape index (κ3) is 1.67. The molecule has 3 heteroatoms. The average molecular weight is 168 g/mol. The van der Waals surface area contributed by atoms with E-state index in [1.165, 1.54) is 6.42 Å². The van der Waals surface area contributed by atoms with Gasteiger partial charge in [0, 0.05) is 11.1 Å². The Hall–Kier alpha value is -0.830. The molecule has 0 bridgehead atoms. The van der Waals surface area contributed by atoms with E-state index in [9.17, 15) is 4.79 Å². The molecule has 1 rings (SSSR count). The molecule has 1 amide bonds. The van der Waals surface area contributed by atoms with Crippen LogP contribution < -0.4 is 11.5 Å². The fraction of sp³-hybridized carbons (Fsp3) is 0.667. The minimum Gasteiger partial charge on any atom is -0.366 e. The standard InChI is InChI=1S/C9H16N2O/c1-7(8(10)12)9(11)5-3-2-4-6-9/h1-6,11H2,(H2,10,12). The molecule has 0 spiro atoms. The molecule has 4 N–H and O–H groups in total. The zero-order valence-electron chi connectivity index (χ0n) is 7.31. The van der Waals surface area contributed by atoms with Crippen molar-refractivity contribution in [2.45, 2.75) is 37.6 Å². The zero-order valence-corrected chi connectivity index (χ0v) is 7.31. The highest BCUT2D eigenvalue weighted by Gasteiger charge is 2.32. The predicted molar refractivity (Wildman–Crippen MR) is 48.3 cm³/mol. The molecule has 68 valence electrons. The Morgan fingerprint density at radius 1 is 1.25 bits per heavy atom. The van der Waals surface area contributed by atoms with Crippen LogP contribution in [0.4, 0.5) is 0 Å². The molecule has 3 nitrogen and oxygen atoms in total. The maximum atomic E-state index is 10.8. The quantitative estimate of drug-likeness (QED) is 0.595. The molecule has 1 fully saturated rings. The highest BCUT2D eigenvalue weighted by atomic mass is 16.1. The maximum Gasteiger partial charge on any atom is 0.245 e. The number of amides is 1. The van der Waals surface area contributed by atoms with Crippen molar-refractivity contribution in [2.24, 2.45) is 11.5 Å². The SMILES string of the molecule is C=C(C(N)=O)C1(N)CCCCC1. The van der Waals surface area contributed by atoms with Gasteiger partial charge in [0.05, 0.1) is 0 Å². The molecule has 0 atom stereocenters. The van der Waals surface area contributed by atoms with Gasteiger partial charge in [-0.2, -0.15) is 0 Å². The molecule has 0 saturated heterocycles. The summed E-state index contributed by atoms with van der Waals surface area (Å²) >= 11 is 0. The number of carbonyl (C=O) groups excluding carboxylic acids is 1. The summed E-state index contributed by atoms with van der Waals surface area (Å²) in [6, 6.07) is 0. The smallest absolute Gasteiger partial charge is 0.245 e. The second kappa shape index (κ2) is 3.27. The van der Waals surface area contributed by atoms with Crippen LogP contribution in [0.25, 0.3) is 0 Å². The summed E-state index contributed by atoms with van der Waals surface area (Å²) in [5.41, 5.74) is 11.0. The lowest BCUT2D eigenvalue weighted by Crippen LogP contribution is -2.47. The van der Waals surface area contributed by atoms with Crippen LogP contribution in [0.5, 0.6) is 0 Å². The van der Waals surface area contributed by atoms with E-state index in [4.69, 9.17) is 11.5 Å². The molecular weight excluding hydrogens is 152 g/mol. The fourth-order valence-electron chi connectivity index (χ4n) is 1.73. The first kappa shape index (κ1) is 9.26. The molecule has 0 aliphatic heterocycles. The number of hydrogen-bond donors (Lipinski definition) is 2. The van der Waals surface area contributed by atoms with Crippen LogP contribution in [0.3, 0.4) is 0 Å². The van der Waals surface area contributed by atoms with Gasteiger partial charge in [0.25, 0.3) is 0 Å². The topological polar surface area (TPSA) is 69.1 Å². The van der Waals surface area contributed by atoms with Crippen LogP contribution in [0.15, 0.2) is 12.2 Å². The molecule has 1 saturated carbocycles. The largest absolute Gasteiger partial charge is 0.366 e. The van der Waals surface area contributed by atoms with Gasteiger partial charge >= 0.3 is 0 Å². The van der Waals surface area contributed by atoms with Crippen molar-refractivity contribution in [1.29, 1.82) is 0 Å². The molecule has 12 heavy (non-hydrogen) atoms. The Balaban J connectivity index is 2.69. The van der Waals surface area contributed by atoms with Gasteiger partial charge < -0.3 is 11.5 Å². The fourth-order valence-corrected chi connectivity index (χ4v) is 1.73. The lowest BCUT2D eigenvalue weighted by atomic mass is 9.77. The second-order valence-electron chi connectivity index (χ2n) is 3.56. The number of rotatable bonds is 2. The van der Waals surface area contributed by atoms with E-state index >= 15 is 0 Å². The van der Waals surface area contributed by atoms with Crippen LogP contribution in [0.2, 0.25) is 0 Å². The van der Waals surface area contributed by atoms with E-state index in [0.29, 0.717) is 5.57 Å². The van der Waals surface area contributed by atoms with Crippen LogP contribution in [-0.4, -0.2) is 11.4 Å². The van der Waals surface area contributed by atoms with Crippen molar-refractivity contribution < 1.29 is 4.79 Å². The number of hydrogen-bond acceptors (Lipinski definition) is 2. The minimum absolute atomic E-state index is 0.391. The second-order valence-corrected chi connectivity index (χ2v) is 3.56. The Kier molecular flexibility index (Phi) is 2.52. The van der Waals surface area contributed by atoms with Gasteiger partial charge in [-0.05, 0) is 12.8 Å². The van der Waals surface area contributed by atoms with E-state index in [1.807, 2.05) is 0 Å². The van der Waals surface area contributed by atoms with E-state index in [2.05, 4.69) is 6.58 Å². The number of carbonyl (C=O) groups is 1. The monoisotopic (exact) mass is 168 g/mol. The number of nitrogens with two attached hydrogens (primary N) is 2. The lowest BCUT2D eigenvalue weighted by Gasteiger charge is -2.33. The summed E-state index contributed by atoms with van der Waals surface area (Å²) in [7, 11) is 0. The first-order valence-electron chi connectivity index (χ1n) is 4.34. The Morgan fingerprint density at radius 2 is 1.75 bits per heavy atom. The van der Waals surface area contributed by atoms with Crippen LogP contribution in [0.1, 0.15) is 32.1 Å². The Morgan fingerprint density at radius 3 is 2.17 bits per heavy atom. The molecule has 0 aromatic rings. The van der Waals surface area contributed by atoms with E-state index < -0.39 is 11.4 Å². The first-order valence-corrected chi connectivity index (χ1v) is 4.34. The van der Waals surface area contributed by atoms with E-state index in [1.54, 1.807) is 0 Å². The summed E-state index contributed by atoms with van der Waals surface area (Å²) in [6.07, 6.45) is 5.03. The average Bonchev–Trinajstić information content (AvgIpc) is 2.04. The van der Waals surface area contributed by atoms with Gasteiger partial charge in [-0.15, -0.1) is 0 Å². The Labute approximate surface area is 72.8 Å². The summed E-state index contributed by atoms with van der Waals surface area (Å²) in [5.74, 6) is -0.459. The van der Waals surface area contributed by atoms with Crippen molar-refractivity contribution in [3.8, 4) is 0 Å². The Bertz CT molecular complexity index is 205. The van der Waals surface area contributed by atoms with E-state index in [-0.39, 0.29) is 0 Å². The molecular formula is C9H16N2O. The van der Waals surface area contributed by atoms with Crippen LogP contribution in [-0.2, 0) is 4.79 Å². The number of primary amides is 1. The van der Waals surface area contributed by atoms with Gasteiger partial charge in [0.15, 0.2) is 0 Å². The molecule has 0 heterocycles. The lowest BCUT2D eigenvalue weighted by molar-refractivity contribution is -0.115. The highest BCUT2D eigenvalue weighted by molar-refractivity contribution is 5.93. The summed E-state index contributed by atoms with van der Waals surface area (Å²) in [6.45, 7) is 3.65. The summed E-state index contributed by atoms with van der Waals surface area (Å²) in [4.78, 5) is 10.8. The third-order valence-corrected chi connectivity index (χ3v) is 2.64. The van der Waals surface area contributed by atoms with Crippen LogP contribution in [0, 0.1) is 0 Å². The summed E-state index contributed by atoms with van der Waals surface area (Å²) < 4.78 is 0. The van der Waals surface area contributed by atoms with Gasteiger partial charge in [-0.1, -0.05) is 25.8 Å². The maximum absolute atomic E-state index is 10.8. The molecule has 0 radical (unpaired) electrons. The summed E-state index contributed by atoms with van der Waals surface area (Å²) in [5, 5.41) is 0. The molecule has 1 aliphatic carbocycles. The first-order chi connectivity index (χ1) is 5.56. The van der Waals surface area contributed by atoms with Crippen molar-refractivity contribution >= 4 is 5.91 Å². The molecule has 0 aromatic heterocycles. The third-order valence-electron chi connectivity index (χ3n) is 2.64. The van der Waals surface area contributed by atoms with Crippen molar-refractivity contribution in [2.75, 3.05) is 0 Å². The molecule has 0 unspecified atom stereocenters. The van der Waals surface area contributed by atoms with Gasteiger partial charge in [-0.25, -0.2) is 0 Å². The van der Waals surface area contributed by atoms with Crippen LogP contribution >= 0.6 is 0 Å². The zero-order chi connectivity index (χ0) is 9.19. The van der Waals surface area contributed by atoms with Crippen molar-refractivity contribution in [3.63, 3.8) is 0 Å². The predicted octanol–water partition coefficient (Wildman–Crippen LogP) is 0.689. The van der Waals surface area contributed by atoms with Gasteiger partial charge in [0.1, 0.15) is 0 Å². The highest BCUT2D eigenvalue weighted by Crippen LogP contribution is 2.30. The van der Waals surface area contributed by atoms with Gasteiger partial charge in [0.2, 0.25) is 5.91 Å². The van der Waals surface area contributed by atoms with Crippen molar-refractivity contribution in [3.05, 3.63) is 12.2 Å². The van der Waals surface area contributed by atoms with Gasteiger partial charge in [-0.3, -0.25) is 4.79 Å². The molecule has 1 aliphatic rings. The van der Waals surface area contributed by atoms with E-state index in [0.717, 1.165) is 25.7 Å².